The number of hydrogen-bond acceptors (Lipinski definition) is 0. The third-order valence-electron chi connectivity index (χ3n) is 2.54. The Balaban J connectivity index is 3.25. The highest BCUT2D eigenvalue weighted by Crippen LogP contribution is 2.17. The van der Waals surface area contributed by atoms with Gasteiger partial charge in [-0.25, -0.2) is 0 Å². The molecule has 0 fully saturated rings. The molecule has 0 heteroatoms. The highest BCUT2D eigenvalue weighted by atomic mass is 14.1. The molecule has 0 saturated carbocycles. The van der Waals surface area contributed by atoms with E-state index in [1.807, 2.05) is 0 Å². The van der Waals surface area contributed by atoms with E-state index < -0.39 is 0 Å². The van der Waals surface area contributed by atoms with Crippen LogP contribution in [-0.4, -0.2) is 0 Å². The molecule has 1 atom stereocenters. The van der Waals surface area contributed by atoms with Crippen molar-refractivity contribution in [3.63, 3.8) is 0 Å². The lowest BCUT2D eigenvalue weighted by atomic mass is 9.95. The zero-order chi connectivity index (χ0) is 9.23. The largest absolute Gasteiger partial charge is 0.103 e. The van der Waals surface area contributed by atoms with Crippen molar-refractivity contribution in [3.8, 4) is 0 Å². The Kier molecular flexibility index (Phi) is 8.64. The second-order valence-corrected chi connectivity index (χ2v) is 3.65. The van der Waals surface area contributed by atoms with Crippen LogP contribution in [0.4, 0.5) is 0 Å². The Morgan fingerprint density at radius 1 is 1.17 bits per heavy atom. The van der Waals surface area contributed by atoms with Gasteiger partial charge in [0.2, 0.25) is 0 Å². The first-order valence-corrected chi connectivity index (χ1v) is 5.46. The molecule has 0 bridgehead atoms. The topological polar surface area (TPSA) is 0 Å². The smallest absolute Gasteiger partial charge is 0.0325 e. The van der Waals surface area contributed by atoms with Crippen molar-refractivity contribution in [1.82, 2.24) is 0 Å². The molecule has 0 spiro atoms. The van der Waals surface area contributed by atoms with E-state index in [0.29, 0.717) is 0 Å². The number of hydrogen-bond donors (Lipinski definition) is 0. The first-order valence-electron chi connectivity index (χ1n) is 5.46. The number of unbranched alkanes of at least 4 members (excludes halogenated alkanes) is 3. The van der Waals surface area contributed by atoms with Gasteiger partial charge in [0.25, 0.3) is 0 Å². The van der Waals surface area contributed by atoms with Gasteiger partial charge in [-0.2, -0.15) is 0 Å². The van der Waals surface area contributed by atoms with Gasteiger partial charge in [0, 0.05) is 0 Å². The molecular weight excluding hydrogens is 144 g/mol. The average Bonchev–Trinajstić information content (AvgIpc) is 2.10. The summed E-state index contributed by atoms with van der Waals surface area (Å²) in [4.78, 5) is 0. The van der Waals surface area contributed by atoms with Gasteiger partial charge >= 0.3 is 0 Å². The number of allylic oxidation sites excluding steroid dienone is 1. The van der Waals surface area contributed by atoms with Crippen molar-refractivity contribution in [3.05, 3.63) is 12.7 Å². The summed E-state index contributed by atoms with van der Waals surface area (Å²) in [5, 5.41) is 0. The molecule has 0 amide bonds. The van der Waals surface area contributed by atoms with Crippen molar-refractivity contribution < 1.29 is 0 Å². The molecule has 0 nitrogen and oxygen atoms in total. The molecule has 0 N–H and O–H groups in total. The van der Waals surface area contributed by atoms with E-state index >= 15 is 0 Å². The molecular formula is C12H24. The Bertz CT molecular complexity index is 94.2. The van der Waals surface area contributed by atoms with E-state index in [1.165, 1.54) is 44.9 Å². The molecule has 12 heavy (non-hydrogen) atoms. The quantitative estimate of drug-likeness (QED) is 0.368. The van der Waals surface area contributed by atoms with Crippen LogP contribution in [0.25, 0.3) is 0 Å². The Hall–Kier alpha value is -0.260. The summed E-state index contributed by atoms with van der Waals surface area (Å²) in [5.41, 5.74) is 0. The van der Waals surface area contributed by atoms with E-state index in [1.54, 1.807) is 0 Å². The fourth-order valence-electron chi connectivity index (χ4n) is 1.58. The molecule has 0 aromatic heterocycles. The minimum absolute atomic E-state index is 0.902. The minimum atomic E-state index is 0.902. The van der Waals surface area contributed by atoms with E-state index in [9.17, 15) is 0 Å². The van der Waals surface area contributed by atoms with Gasteiger partial charge in [0.15, 0.2) is 0 Å². The predicted molar refractivity (Wildman–Crippen MR) is 57.4 cm³/mol. The third kappa shape index (κ3) is 6.45. The lowest BCUT2D eigenvalue weighted by molar-refractivity contribution is 0.446. The number of rotatable bonds is 8. The first kappa shape index (κ1) is 11.7. The molecule has 0 aliphatic heterocycles. The van der Waals surface area contributed by atoms with Gasteiger partial charge in [-0.15, -0.1) is 6.58 Å². The van der Waals surface area contributed by atoms with Crippen molar-refractivity contribution in [2.45, 2.75) is 58.8 Å². The summed E-state index contributed by atoms with van der Waals surface area (Å²) in [7, 11) is 0. The molecule has 1 unspecified atom stereocenters. The molecule has 0 aromatic carbocycles. The summed E-state index contributed by atoms with van der Waals surface area (Å²) >= 11 is 0. The van der Waals surface area contributed by atoms with Gasteiger partial charge in [-0.1, -0.05) is 58.4 Å². The second-order valence-electron chi connectivity index (χ2n) is 3.65. The maximum atomic E-state index is 3.79. The normalized spacial score (nSPS) is 12.8. The van der Waals surface area contributed by atoms with Crippen LogP contribution < -0.4 is 0 Å². The Labute approximate surface area is 78.1 Å². The molecule has 0 aliphatic rings. The average molecular weight is 168 g/mol. The van der Waals surface area contributed by atoms with Crippen LogP contribution in [0.3, 0.4) is 0 Å². The van der Waals surface area contributed by atoms with Crippen LogP contribution >= 0.6 is 0 Å². The highest BCUT2D eigenvalue weighted by molar-refractivity contribution is 4.72. The van der Waals surface area contributed by atoms with Crippen molar-refractivity contribution in [2.24, 2.45) is 5.92 Å². The van der Waals surface area contributed by atoms with Crippen LogP contribution in [-0.2, 0) is 0 Å². The molecule has 72 valence electrons. The van der Waals surface area contributed by atoms with Gasteiger partial charge in [0.05, 0.1) is 0 Å². The maximum Gasteiger partial charge on any atom is -0.0325 e. The molecule has 0 radical (unpaired) electrons. The fraction of sp³-hybridized carbons (Fsp3) is 0.833. The van der Waals surface area contributed by atoms with E-state index in [-0.39, 0.29) is 0 Å². The van der Waals surface area contributed by atoms with Crippen LogP contribution in [0.1, 0.15) is 58.8 Å². The summed E-state index contributed by atoms with van der Waals surface area (Å²) in [6.07, 6.45) is 11.6. The molecule has 0 rings (SSSR count). The minimum Gasteiger partial charge on any atom is -0.103 e. The maximum absolute atomic E-state index is 3.79. The lowest BCUT2D eigenvalue weighted by Gasteiger charge is -2.11. The van der Waals surface area contributed by atoms with Gasteiger partial charge in [0.1, 0.15) is 0 Å². The third-order valence-corrected chi connectivity index (χ3v) is 2.54. The van der Waals surface area contributed by atoms with Gasteiger partial charge < -0.3 is 0 Å². The van der Waals surface area contributed by atoms with E-state index in [2.05, 4.69) is 26.5 Å². The highest BCUT2D eigenvalue weighted by Gasteiger charge is 2.02. The van der Waals surface area contributed by atoms with Crippen molar-refractivity contribution >= 4 is 0 Å². The fourth-order valence-corrected chi connectivity index (χ4v) is 1.58. The van der Waals surface area contributed by atoms with Crippen LogP contribution in [0.5, 0.6) is 0 Å². The van der Waals surface area contributed by atoms with Crippen molar-refractivity contribution in [1.29, 1.82) is 0 Å². The molecule has 0 saturated heterocycles. The van der Waals surface area contributed by atoms with Gasteiger partial charge in [-0.3, -0.25) is 0 Å². The zero-order valence-electron chi connectivity index (χ0n) is 8.81. The monoisotopic (exact) mass is 168 g/mol. The van der Waals surface area contributed by atoms with E-state index in [4.69, 9.17) is 0 Å². The van der Waals surface area contributed by atoms with Crippen LogP contribution in [0, 0.1) is 5.92 Å². The summed E-state index contributed by atoms with van der Waals surface area (Å²) in [6, 6.07) is 0. The predicted octanol–water partition coefficient (Wildman–Crippen LogP) is 4.56. The molecule has 0 heterocycles. The zero-order valence-corrected chi connectivity index (χ0v) is 8.81. The summed E-state index contributed by atoms with van der Waals surface area (Å²) in [6.45, 7) is 8.34. The molecule has 0 aromatic rings. The Morgan fingerprint density at radius 2 is 1.92 bits per heavy atom. The standard InChI is InChI=1S/C12H24/c1-4-7-8-9-11-12(6-3)10-5-2/h5,12H,2,4,6-11H2,1,3H3. The first-order chi connectivity index (χ1) is 5.85. The summed E-state index contributed by atoms with van der Waals surface area (Å²) < 4.78 is 0. The second kappa shape index (κ2) is 8.83. The Morgan fingerprint density at radius 3 is 2.42 bits per heavy atom. The van der Waals surface area contributed by atoms with Crippen molar-refractivity contribution in [2.75, 3.05) is 0 Å². The van der Waals surface area contributed by atoms with Crippen LogP contribution in [0.2, 0.25) is 0 Å². The van der Waals surface area contributed by atoms with Crippen LogP contribution in [0.15, 0.2) is 12.7 Å². The SMILES string of the molecule is C=CCC(CC)CCCCCC. The van der Waals surface area contributed by atoms with Gasteiger partial charge in [-0.05, 0) is 12.3 Å². The molecule has 0 aliphatic carbocycles. The van der Waals surface area contributed by atoms with E-state index in [0.717, 1.165) is 5.92 Å². The lowest BCUT2D eigenvalue weighted by Crippen LogP contribution is -1.96. The summed E-state index contributed by atoms with van der Waals surface area (Å²) in [5.74, 6) is 0.902.